The van der Waals surface area contributed by atoms with E-state index in [2.05, 4.69) is 0 Å². The number of hydrogen-bond acceptors (Lipinski definition) is 1. The summed E-state index contributed by atoms with van der Waals surface area (Å²) in [6.07, 6.45) is 0. The third-order valence-electron chi connectivity index (χ3n) is 3.37. The molecule has 0 spiro atoms. The van der Waals surface area contributed by atoms with Gasteiger partial charge in [0.15, 0.2) is 0 Å². The summed E-state index contributed by atoms with van der Waals surface area (Å²) in [7, 11) is 0. The largest absolute Gasteiger partial charge is 0.489 e. The molecule has 0 saturated heterocycles. The molecule has 0 bridgehead atoms. The van der Waals surface area contributed by atoms with E-state index in [0.717, 1.165) is 22.4 Å². The first-order valence-electron chi connectivity index (χ1n) is 6.95. The van der Waals surface area contributed by atoms with E-state index in [1.54, 1.807) is 12.1 Å². The molecule has 0 heterocycles. The van der Waals surface area contributed by atoms with Gasteiger partial charge < -0.3 is 4.74 Å². The average Bonchev–Trinajstić information content (AvgIpc) is 2.55. The van der Waals surface area contributed by atoms with Gasteiger partial charge in [0.2, 0.25) is 0 Å². The summed E-state index contributed by atoms with van der Waals surface area (Å²) < 4.78 is 18.9. The molecule has 0 aromatic heterocycles. The Morgan fingerprint density at radius 3 is 2.27 bits per heavy atom. The van der Waals surface area contributed by atoms with Gasteiger partial charge in [-0.2, -0.15) is 0 Å². The van der Waals surface area contributed by atoms with E-state index >= 15 is 0 Å². The molecule has 0 atom stereocenters. The summed E-state index contributed by atoms with van der Waals surface area (Å²) in [5.74, 6) is 0.533. The molecule has 0 amide bonds. The topological polar surface area (TPSA) is 9.23 Å². The van der Waals surface area contributed by atoms with Gasteiger partial charge in [-0.15, -0.1) is 0 Å². The molecule has 0 fully saturated rings. The highest BCUT2D eigenvalue weighted by atomic mass is 35.5. The lowest BCUT2D eigenvalue weighted by Gasteiger charge is -2.13. The van der Waals surface area contributed by atoms with Crippen molar-refractivity contribution in [1.29, 1.82) is 0 Å². The van der Waals surface area contributed by atoms with Gasteiger partial charge in [-0.05, 0) is 41.5 Å². The number of para-hydroxylation sites is 1. The molecule has 22 heavy (non-hydrogen) atoms. The molecule has 3 rings (SSSR count). The molecule has 0 aliphatic carbocycles. The second-order valence-corrected chi connectivity index (χ2v) is 5.29. The summed E-state index contributed by atoms with van der Waals surface area (Å²) in [6.45, 7) is 0.400. The molecule has 0 aliphatic heterocycles. The van der Waals surface area contributed by atoms with Crippen LogP contribution in [0.2, 0.25) is 5.02 Å². The quantitative estimate of drug-likeness (QED) is 0.598. The van der Waals surface area contributed by atoms with Gasteiger partial charge in [0, 0.05) is 10.6 Å². The van der Waals surface area contributed by atoms with Crippen molar-refractivity contribution in [2.45, 2.75) is 6.61 Å². The molecule has 3 aromatic carbocycles. The van der Waals surface area contributed by atoms with Gasteiger partial charge in [0.05, 0.1) is 0 Å². The Hall–Kier alpha value is -2.32. The van der Waals surface area contributed by atoms with Gasteiger partial charge in [-0.1, -0.05) is 54.1 Å². The Balaban J connectivity index is 1.91. The lowest BCUT2D eigenvalue weighted by Crippen LogP contribution is -1.98. The summed E-state index contributed by atoms with van der Waals surface area (Å²) in [5.41, 5.74) is 2.71. The fourth-order valence-electron chi connectivity index (χ4n) is 2.31. The van der Waals surface area contributed by atoms with E-state index in [9.17, 15) is 4.39 Å². The third-order valence-corrected chi connectivity index (χ3v) is 3.69. The predicted molar refractivity (Wildman–Crippen MR) is 87.6 cm³/mol. The standard InChI is InChI=1S/C19H14ClFO/c20-18-8-4-5-15(13-22-17-6-2-1-3-7-17)19(18)14-9-11-16(21)12-10-14/h1-12H,13H2. The lowest BCUT2D eigenvalue weighted by molar-refractivity contribution is 0.307. The minimum Gasteiger partial charge on any atom is -0.489 e. The first kappa shape index (κ1) is 14.6. The first-order valence-corrected chi connectivity index (χ1v) is 7.33. The molecule has 3 aromatic rings. The van der Waals surface area contributed by atoms with Crippen LogP contribution >= 0.6 is 11.6 Å². The zero-order valence-corrected chi connectivity index (χ0v) is 12.6. The molecule has 1 nitrogen and oxygen atoms in total. The van der Waals surface area contributed by atoms with Crippen LogP contribution in [0.3, 0.4) is 0 Å². The van der Waals surface area contributed by atoms with Crippen LogP contribution in [0.4, 0.5) is 4.39 Å². The zero-order chi connectivity index (χ0) is 15.4. The Bertz CT molecular complexity index is 754. The number of ether oxygens (including phenoxy) is 1. The smallest absolute Gasteiger partial charge is 0.123 e. The van der Waals surface area contributed by atoms with Crippen LogP contribution in [0.5, 0.6) is 5.75 Å². The second kappa shape index (κ2) is 6.63. The maximum Gasteiger partial charge on any atom is 0.123 e. The molecule has 3 heteroatoms. The number of benzene rings is 3. The molecule has 0 radical (unpaired) electrons. The highest BCUT2D eigenvalue weighted by molar-refractivity contribution is 6.33. The van der Waals surface area contributed by atoms with Gasteiger partial charge >= 0.3 is 0 Å². The average molecular weight is 313 g/mol. The van der Waals surface area contributed by atoms with Crippen LogP contribution in [-0.2, 0) is 6.61 Å². The lowest BCUT2D eigenvalue weighted by atomic mass is 10.00. The van der Waals surface area contributed by atoms with Crippen molar-refractivity contribution < 1.29 is 9.13 Å². The second-order valence-electron chi connectivity index (χ2n) is 4.88. The number of hydrogen-bond donors (Lipinski definition) is 0. The van der Waals surface area contributed by atoms with Crippen molar-refractivity contribution in [3.63, 3.8) is 0 Å². The van der Waals surface area contributed by atoms with Gasteiger partial charge in [-0.3, -0.25) is 0 Å². The minimum absolute atomic E-state index is 0.266. The zero-order valence-electron chi connectivity index (χ0n) is 11.8. The Morgan fingerprint density at radius 2 is 1.55 bits per heavy atom. The van der Waals surface area contributed by atoms with Crippen molar-refractivity contribution in [3.8, 4) is 16.9 Å². The fourth-order valence-corrected chi connectivity index (χ4v) is 2.61. The Kier molecular flexibility index (Phi) is 4.40. The van der Waals surface area contributed by atoms with Crippen molar-refractivity contribution in [2.24, 2.45) is 0 Å². The summed E-state index contributed by atoms with van der Waals surface area (Å²) in [6, 6.07) is 21.6. The van der Waals surface area contributed by atoms with Crippen molar-refractivity contribution in [1.82, 2.24) is 0 Å². The van der Waals surface area contributed by atoms with Gasteiger partial charge in [0.1, 0.15) is 18.2 Å². The van der Waals surface area contributed by atoms with Gasteiger partial charge in [0.25, 0.3) is 0 Å². The van der Waals surface area contributed by atoms with E-state index in [0.29, 0.717) is 11.6 Å². The van der Waals surface area contributed by atoms with Crippen LogP contribution in [0.15, 0.2) is 72.8 Å². The van der Waals surface area contributed by atoms with Gasteiger partial charge in [-0.25, -0.2) is 4.39 Å². The van der Waals surface area contributed by atoms with Crippen LogP contribution < -0.4 is 4.74 Å². The van der Waals surface area contributed by atoms with E-state index in [1.807, 2.05) is 48.5 Å². The maximum atomic E-state index is 13.1. The van der Waals surface area contributed by atoms with Crippen molar-refractivity contribution >= 4 is 11.6 Å². The van der Waals surface area contributed by atoms with Crippen LogP contribution in [0.1, 0.15) is 5.56 Å². The van der Waals surface area contributed by atoms with Crippen LogP contribution in [-0.4, -0.2) is 0 Å². The molecular formula is C19H14ClFO. The molecule has 0 aliphatic rings. The van der Waals surface area contributed by atoms with Crippen molar-refractivity contribution in [2.75, 3.05) is 0 Å². The first-order chi connectivity index (χ1) is 10.7. The Labute approximate surface area is 133 Å². The van der Waals surface area contributed by atoms with E-state index in [-0.39, 0.29) is 5.82 Å². The third kappa shape index (κ3) is 3.29. The summed E-state index contributed by atoms with van der Waals surface area (Å²) in [4.78, 5) is 0. The van der Waals surface area contributed by atoms with Crippen LogP contribution in [0, 0.1) is 5.82 Å². The highest BCUT2D eigenvalue weighted by Gasteiger charge is 2.10. The molecular weight excluding hydrogens is 299 g/mol. The highest BCUT2D eigenvalue weighted by Crippen LogP contribution is 2.32. The normalized spacial score (nSPS) is 10.5. The Morgan fingerprint density at radius 1 is 0.818 bits per heavy atom. The molecule has 110 valence electrons. The molecule has 0 saturated carbocycles. The van der Waals surface area contributed by atoms with E-state index in [1.165, 1.54) is 12.1 Å². The van der Waals surface area contributed by atoms with E-state index < -0.39 is 0 Å². The fraction of sp³-hybridized carbons (Fsp3) is 0.0526. The molecule has 0 N–H and O–H groups in total. The number of halogens is 2. The van der Waals surface area contributed by atoms with E-state index in [4.69, 9.17) is 16.3 Å². The predicted octanol–water partition coefficient (Wildman–Crippen LogP) is 5.73. The van der Waals surface area contributed by atoms with Crippen molar-refractivity contribution in [3.05, 3.63) is 89.2 Å². The van der Waals surface area contributed by atoms with Crippen LogP contribution in [0.25, 0.3) is 11.1 Å². The maximum absolute atomic E-state index is 13.1. The summed E-state index contributed by atoms with van der Waals surface area (Å²) >= 11 is 6.34. The number of rotatable bonds is 4. The summed E-state index contributed by atoms with van der Waals surface area (Å²) in [5, 5.41) is 0.626. The monoisotopic (exact) mass is 312 g/mol. The minimum atomic E-state index is -0.266. The SMILES string of the molecule is Fc1ccc(-c2c(Cl)cccc2COc2ccccc2)cc1. The molecule has 0 unspecified atom stereocenters.